The average molecular weight is 381 g/mol. The molecule has 2 atom stereocenters. The van der Waals surface area contributed by atoms with Crippen molar-refractivity contribution in [3.8, 4) is 0 Å². The van der Waals surface area contributed by atoms with E-state index in [-0.39, 0.29) is 12.1 Å². The summed E-state index contributed by atoms with van der Waals surface area (Å²) in [5.74, 6) is 0. The molecule has 136 valence electrons. The van der Waals surface area contributed by atoms with Gasteiger partial charge in [0.2, 0.25) is 10.0 Å². The van der Waals surface area contributed by atoms with Gasteiger partial charge in [0.15, 0.2) is 0 Å². The maximum atomic E-state index is 11.7. The first-order valence-corrected chi connectivity index (χ1v) is 11.4. The molecule has 0 bridgehead atoms. The largest absolute Gasteiger partial charge is 0.360 e. The van der Waals surface area contributed by atoms with Crippen LogP contribution in [0, 0.1) is 0 Å². The van der Waals surface area contributed by atoms with Crippen LogP contribution in [0.3, 0.4) is 0 Å². The molecule has 2 heterocycles. The van der Waals surface area contributed by atoms with Gasteiger partial charge >= 0.3 is 0 Å². The monoisotopic (exact) mass is 380 g/mol. The van der Waals surface area contributed by atoms with Gasteiger partial charge in [0.1, 0.15) is 6.04 Å². The quantitative estimate of drug-likeness (QED) is 0.790. The number of quaternary nitrogens is 1. The van der Waals surface area contributed by atoms with E-state index in [2.05, 4.69) is 45.3 Å². The SMILES string of the molecule is C[C@H](NS(C)(=O)=O)[C@@H](c1cccs1)[NH+]1CCN(c2ccccc2)CC1. The third-order valence-electron chi connectivity index (χ3n) is 4.72. The molecule has 0 saturated carbocycles. The van der Waals surface area contributed by atoms with Crippen molar-refractivity contribution in [1.82, 2.24) is 4.72 Å². The molecule has 1 saturated heterocycles. The number of benzene rings is 1. The molecule has 3 rings (SSSR count). The van der Waals surface area contributed by atoms with Gasteiger partial charge in [-0.3, -0.25) is 0 Å². The summed E-state index contributed by atoms with van der Waals surface area (Å²) in [7, 11) is -3.22. The van der Waals surface area contributed by atoms with Gasteiger partial charge in [0, 0.05) is 5.69 Å². The average Bonchev–Trinajstić information content (AvgIpc) is 3.09. The smallest absolute Gasteiger partial charge is 0.209 e. The van der Waals surface area contributed by atoms with E-state index in [1.54, 1.807) is 11.3 Å². The lowest BCUT2D eigenvalue weighted by Crippen LogP contribution is -3.16. The summed E-state index contributed by atoms with van der Waals surface area (Å²) in [6.07, 6.45) is 1.23. The molecular weight excluding hydrogens is 354 g/mol. The fraction of sp³-hybridized carbons (Fsp3) is 0.444. The van der Waals surface area contributed by atoms with Gasteiger partial charge in [-0.15, -0.1) is 11.3 Å². The van der Waals surface area contributed by atoms with Crippen LogP contribution in [0.15, 0.2) is 47.8 Å². The van der Waals surface area contributed by atoms with E-state index in [1.165, 1.54) is 21.7 Å². The van der Waals surface area contributed by atoms with E-state index in [4.69, 9.17) is 0 Å². The summed E-state index contributed by atoms with van der Waals surface area (Å²) < 4.78 is 26.2. The molecule has 1 aromatic heterocycles. The Bertz CT molecular complexity index is 755. The first-order chi connectivity index (χ1) is 11.9. The van der Waals surface area contributed by atoms with Crippen LogP contribution >= 0.6 is 11.3 Å². The van der Waals surface area contributed by atoms with E-state index in [9.17, 15) is 8.42 Å². The molecule has 1 aliphatic heterocycles. The number of hydrogen-bond acceptors (Lipinski definition) is 4. The van der Waals surface area contributed by atoms with Gasteiger partial charge in [-0.25, -0.2) is 13.1 Å². The third kappa shape index (κ3) is 4.82. The molecule has 0 unspecified atom stereocenters. The summed E-state index contributed by atoms with van der Waals surface area (Å²) in [5, 5.41) is 2.06. The summed E-state index contributed by atoms with van der Waals surface area (Å²) >= 11 is 1.71. The molecule has 0 amide bonds. The fourth-order valence-electron chi connectivity index (χ4n) is 3.68. The predicted octanol–water partition coefficient (Wildman–Crippen LogP) is 1.13. The van der Waals surface area contributed by atoms with Crippen molar-refractivity contribution in [3.05, 3.63) is 52.7 Å². The molecule has 25 heavy (non-hydrogen) atoms. The first-order valence-electron chi connectivity index (χ1n) is 8.59. The van der Waals surface area contributed by atoms with Gasteiger partial charge in [-0.1, -0.05) is 24.3 Å². The van der Waals surface area contributed by atoms with E-state index in [1.807, 2.05) is 19.1 Å². The summed E-state index contributed by atoms with van der Waals surface area (Å²) in [6, 6.07) is 14.6. The van der Waals surface area contributed by atoms with Gasteiger partial charge < -0.3 is 9.80 Å². The molecule has 1 aromatic carbocycles. The highest BCUT2D eigenvalue weighted by molar-refractivity contribution is 7.88. The molecule has 5 nitrogen and oxygen atoms in total. The molecule has 2 N–H and O–H groups in total. The number of hydrogen-bond donors (Lipinski definition) is 2. The molecule has 2 aromatic rings. The van der Waals surface area contributed by atoms with Crippen molar-refractivity contribution < 1.29 is 13.3 Å². The Labute approximate surface area is 154 Å². The van der Waals surface area contributed by atoms with Gasteiger partial charge in [-0.05, 0) is 30.5 Å². The summed E-state index contributed by atoms with van der Waals surface area (Å²) in [5.41, 5.74) is 1.26. The topological polar surface area (TPSA) is 53.9 Å². The van der Waals surface area contributed by atoms with Gasteiger partial charge in [0.25, 0.3) is 0 Å². The maximum Gasteiger partial charge on any atom is 0.209 e. The Morgan fingerprint density at radius 1 is 1.12 bits per heavy atom. The lowest BCUT2D eigenvalue weighted by Gasteiger charge is -2.39. The third-order valence-corrected chi connectivity index (χ3v) is 6.47. The van der Waals surface area contributed by atoms with E-state index in [0.29, 0.717) is 0 Å². The Balaban J connectivity index is 1.72. The molecule has 0 aliphatic carbocycles. The maximum absolute atomic E-state index is 11.7. The number of para-hydroxylation sites is 1. The van der Waals surface area contributed by atoms with Crippen molar-refractivity contribution in [3.63, 3.8) is 0 Å². The molecule has 0 radical (unpaired) electrons. The van der Waals surface area contributed by atoms with Crippen molar-refractivity contribution >= 4 is 27.0 Å². The van der Waals surface area contributed by atoms with Crippen LogP contribution in [0.4, 0.5) is 5.69 Å². The van der Waals surface area contributed by atoms with E-state index >= 15 is 0 Å². The van der Waals surface area contributed by atoms with Crippen LogP contribution in [0.1, 0.15) is 17.8 Å². The molecule has 1 aliphatic rings. The van der Waals surface area contributed by atoms with Crippen molar-refractivity contribution in [2.45, 2.75) is 19.0 Å². The normalized spacial score (nSPS) is 18.9. The Morgan fingerprint density at radius 2 is 1.80 bits per heavy atom. The number of sulfonamides is 1. The van der Waals surface area contributed by atoms with Crippen molar-refractivity contribution in [2.24, 2.45) is 0 Å². The van der Waals surface area contributed by atoms with Crippen molar-refractivity contribution in [1.29, 1.82) is 0 Å². The number of nitrogens with zero attached hydrogens (tertiary/aromatic N) is 1. The van der Waals surface area contributed by atoms with Crippen LogP contribution in [0.2, 0.25) is 0 Å². The lowest BCUT2D eigenvalue weighted by atomic mass is 10.1. The van der Waals surface area contributed by atoms with Gasteiger partial charge in [0.05, 0.1) is 43.4 Å². The highest BCUT2D eigenvalue weighted by atomic mass is 32.2. The summed E-state index contributed by atoms with van der Waals surface area (Å²) in [6.45, 7) is 5.92. The zero-order valence-corrected chi connectivity index (χ0v) is 16.3. The second-order valence-corrected chi connectivity index (χ2v) is 9.41. The highest BCUT2D eigenvalue weighted by Crippen LogP contribution is 2.21. The standard InChI is InChI=1S/C18H25N3O2S2/c1-15(19-25(2,22)23)18(17-9-6-14-24-17)21-12-10-20(11-13-21)16-7-4-3-5-8-16/h3-9,14-15,18-19H,10-13H2,1-2H3/p+1/t15-,18-/m0/s1. The minimum Gasteiger partial charge on any atom is -0.360 e. The molecule has 0 spiro atoms. The second kappa shape index (κ2) is 7.86. The summed E-state index contributed by atoms with van der Waals surface area (Å²) in [4.78, 5) is 5.09. The van der Waals surface area contributed by atoms with E-state index < -0.39 is 10.0 Å². The fourth-order valence-corrected chi connectivity index (χ4v) is 5.48. The highest BCUT2D eigenvalue weighted by Gasteiger charge is 2.34. The minimum absolute atomic E-state index is 0.132. The number of thiophene rings is 1. The lowest BCUT2D eigenvalue weighted by molar-refractivity contribution is -0.933. The van der Waals surface area contributed by atoms with Crippen LogP contribution in [-0.4, -0.2) is 46.9 Å². The van der Waals surface area contributed by atoms with Crippen molar-refractivity contribution in [2.75, 3.05) is 37.3 Å². The molecule has 1 fully saturated rings. The number of nitrogens with one attached hydrogen (secondary N) is 2. The van der Waals surface area contributed by atoms with Crippen LogP contribution in [0.25, 0.3) is 0 Å². The minimum atomic E-state index is -3.22. The molecular formula is C18H26N3O2S2+. The second-order valence-electron chi connectivity index (χ2n) is 6.65. The van der Waals surface area contributed by atoms with E-state index in [0.717, 1.165) is 26.2 Å². The van der Waals surface area contributed by atoms with Crippen LogP contribution in [-0.2, 0) is 10.0 Å². The molecule has 7 heteroatoms. The zero-order chi connectivity index (χ0) is 17.9. The Kier molecular flexibility index (Phi) is 5.78. The number of piperazine rings is 1. The number of anilines is 1. The van der Waals surface area contributed by atoms with Crippen LogP contribution in [0.5, 0.6) is 0 Å². The Morgan fingerprint density at radius 3 is 2.36 bits per heavy atom. The van der Waals surface area contributed by atoms with Crippen LogP contribution < -0.4 is 14.5 Å². The predicted molar refractivity (Wildman–Crippen MR) is 104 cm³/mol. The number of rotatable bonds is 6. The van der Waals surface area contributed by atoms with Gasteiger partial charge in [-0.2, -0.15) is 0 Å². The zero-order valence-electron chi connectivity index (χ0n) is 14.7. The Hall–Kier alpha value is -1.41. The first kappa shape index (κ1) is 18.4.